The summed E-state index contributed by atoms with van der Waals surface area (Å²) in [5.74, 6) is 1.10. The molecule has 3 rings (SSSR count). The fourth-order valence-electron chi connectivity index (χ4n) is 2.75. The van der Waals surface area contributed by atoms with Gasteiger partial charge in [-0.05, 0) is 18.9 Å². The zero-order valence-corrected chi connectivity index (χ0v) is 12.5. The first-order valence-electron chi connectivity index (χ1n) is 6.89. The summed E-state index contributed by atoms with van der Waals surface area (Å²) in [4.78, 5) is 18.3. The Morgan fingerprint density at radius 2 is 2.33 bits per heavy atom. The minimum Gasteiger partial charge on any atom is -0.338 e. The van der Waals surface area contributed by atoms with Crippen LogP contribution in [0, 0.1) is 0 Å². The lowest BCUT2D eigenvalue weighted by molar-refractivity contribution is 0.0703. The van der Waals surface area contributed by atoms with E-state index in [0.717, 1.165) is 25.2 Å². The molecule has 2 aromatic heterocycles. The summed E-state index contributed by atoms with van der Waals surface area (Å²) in [5.41, 5.74) is 0.505. The molecule has 0 saturated carbocycles. The average Bonchev–Trinajstić information content (AvgIpc) is 2.93. The number of halogens is 1. The number of rotatable bonds is 2. The molecule has 2 aromatic rings. The Kier molecular flexibility index (Phi) is 3.88. The second kappa shape index (κ2) is 5.81. The van der Waals surface area contributed by atoms with Crippen molar-refractivity contribution in [3.8, 4) is 0 Å². The highest BCUT2D eigenvalue weighted by atomic mass is 35.5. The van der Waals surface area contributed by atoms with Crippen molar-refractivity contribution in [2.75, 3.05) is 13.1 Å². The van der Waals surface area contributed by atoms with E-state index in [1.54, 1.807) is 18.6 Å². The first-order chi connectivity index (χ1) is 10.2. The van der Waals surface area contributed by atoms with Crippen molar-refractivity contribution in [1.82, 2.24) is 24.6 Å². The van der Waals surface area contributed by atoms with Gasteiger partial charge >= 0.3 is 0 Å². The van der Waals surface area contributed by atoms with E-state index in [2.05, 4.69) is 15.2 Å². The van der Waals surface area contributed by atoms with Crippen LogP contribution in [0.25, 0.3) is 0 Å². The van der Waals surface area contributed by atoms with E-state index in [1.807, 2.05) is 16.5 Å². The molecular weight excluding hydrogens is 290 g/mol. The van der Waals surface area contributed by atoms with E-state index in [9.17, 15) is 4.79 Å². The Hall–Kier alpha value is -1.95. The number of amides is 1. The van der Waals surface area contributed by atoms with Crippen molar-refractivity contribution in [3.05, 3.63) is 41.2 Å². The minimum atomic E-state index is -0.0470. The van der Waals surface area contributed by atoms with Crippen molar-refractivity contribution in [1.29, 1.82) is 0 Å². The van der Waals surface area contributed by atoms with Gasteiger partial charge in [0.1, 0.15) is 12.2 Å². The second-order valence-electron chi connectivity index (χ2n) is 5.25. The highest BCUT2D eigenvalue weighted by Crippen LogP contribution is 2.27. The van der Waals surface area contributed by atoms with E-state index >= 15 is 0 Å². The van der Waals surface area contributed by atoms with Gasteiger partial charge in [0.25, 0.3) is 5.91 Å². The average molecular weight is 306 g/mol. The first-order valence-corrected chi connectivity index (χ1v) is 7.27. The third kappa shape index (κ3) is 2.76. The maximum atomic E-state index is 12.6. The molecule has 0 radical (unpaired) electrons. The molecule has 0 bridgehead atoms. The molecule has 0 spiro atoms. The molecule has 1 fully saturated rings. The highest BCUT2D eigenvalue weighted by Gasteiger charge is 2.28. The predicted molar refractivity (Wildman–Crippen MR) is 78.1 cm³/mol. The monoisotopic (exact) mass is 305 g/mol. The SMILES string of the molecule is Cn1cnnc1C1CCCN(C(=O)c2ccncc2Cl)C1. The van der Waals surface area contributed by atoms with Gasteiger partial charge in [-0.25, -0.2) is 0 Å². The Morgan fingerprint density at radius 1 is 1.48 bits per heavy atom. The number of likely N-dealkylation sites (tertiary alicyclic amines) is 1. The summed E-state index contributed by atoms with van der Waals surface area (Å²) in [7, 11) is 1.93. The van der Waals surface area contributed by atoms with E-state index in [-0.39, 0.29) is 11.8 Å². The first kappa shape index (κ1) is 14.0. The van der Waals surface area contributed by atoms with Crippen molar-refractivity contribution >= 4 is 17.5 Å². The molecule has 7 heteroatoms. The van der Waals surface area contributed by atoms with Crippen LogP contribution in [0.1, 0.15) is 34.9 Å². The number of piperidine rings is 1. The summed E-state index contributed by atoms with van der Waals surface area (Å²) in [6.07, 6.45) is 6.74. The van der Waals surface area contributed by atoms with E-state index in [4.69, 9.17) is 11.6 Å². The predicted octanol–water partition coefficient (Wildman–Crippen LogP) is 1.88. The number of pyridine rings is 1. The Balaban J connectivity index is 1.79. The van der Waals surface area contributed by atoms with E-state index < -0.39 is 0 Å². The van der Waals surface area contributed by atoms with Crippen LogP contribution in [0.3, 0.4) is 0 Å². The number of hydrogen-bond donors (Lipinski definition) is 0. The summed E-state index contributed by atoms with van der Waals surface area (Å²) in [6, 6.07) is 1.66. The van der Waals surface area contributed by atoms with Crippen molar-refractivity contribution in [2.24, 2.45) is 7.05 Å². The van der Waals surface area contributed by atoms with Crippen LogP contribution in [0.4, 0.5) is 0 Å². The Bertz CT molecular complexity index is 656. The van der Waals surface area contributed by atoms with Gasteiger partial charge in [-0.1, -0.05) is 11.6 Å². The normalized spacial score (nSPS) is 18.8. The summed E-state index contributed by atoms with van der Waals surface area (Å²) >= 11 is 6.06. The molecule has 6 nitrogen and oxygen atoms in total. The van der Waals surface area contributed by atoms with Crippen molar-refractivity contribution in [3.63, 3.8) is 0 Å². The molecule has 0 N–H and O–H groups in total. The lowest BCUT2D eigenvalue weighted by Crippen LogP contribution is -2.39. The lowest BCUT2D eigenvalue weighted by Gasteiger charge is -2.32. The van der Waals surface area contributed by atoms with Crippen LogP contribution in [0.5, 0.6) is 0 Å². The Labute approximate surface area is 127 Å². The number of carbonyl (C=O) groups excluding carboxylic acids is 1. The smallest absolute Gasteiger partial charge is 0.255 e. The lowest BCUT2D eigenvalue weighted by atomic mass is 9.96. The van der Waals surface area contributed by atoms with Gasteiger partial charge < -0.3 is 9.47 Å². The van der Waals surface area contributed by atoms with Gasteiger partial charge in [0, 0.05) is 38.4 Å². The molecule has 1 aliphatic rings. The van der Waals surface area contributed by atoms with Gasteiger partial charge in [0.05, 0.1) is 10.6 Å². The Morgan fingerprint density at radius 3 is 3.05 bits per heavy atom. The third-order valence-corrected chi connectivity index (χ3v) is 4.12. The number of aryl methyl sites for hydroxylation is 1. The summed E-state index contributed by atoms with van der Waals surface area (Å²) in [6.45, 7) is 1.38. The van der Waals surface area contributed by atoms with Crippen LogP contribution in [0.2, 0.25) is 5.02 Å². The molecule has 1 unspecified atom stereocenters. The van der Waals surface area contributed by atoms with Crippen LogP contribution >= 0.6 is 11.6 Å². The van der Waals surface area contributed by atoms with Crippen molar-refractivity contribution in [2.45, 2.75) is 18.8 Å². The highest BCUT2D eigenvalue weighted by molar-refractivity contribution is 6.33. The summed E-state index contributed by atoms with van der Waals surface area (Å²) < 4.78 is 1.91. The maximum Gasteiger partial charge on any atom is 0.255 e. The van der Waals surface area contributed by atoms with Crippen LogP contribution in [-0.4, -0.2) is 43.6 Å². The number of hydrogen-bond acceptors (Lipinski definition) is 4. The molecule has 110 valence electrons. The quantitative estimate of drug-likeness (QED) is 0.850. The van der Waals surface area contributed by atoms with Crippen LogP contribution in [-0.2, 0) is 7.05 Å². The van der Waals surface area contributed by atoms with Gasteiger partial charge in [-0.2, -0.15) is 0 Å². The molecule has 0 aromatic carbocycles. The summed E-state index contributed by atoms with van der Waals surface area (Å²) in [5, 5.41) is 8.47. The molecule has 3 heterocycles. The third-order valence-electron chi connectivity index (χ3n) is 3.82. The fourth-order valence-corrected chi connectivity index (χ4v) is 2.95. The largest absolute Gasteiger partial charge is 0.338 e. The maximum absolute atomic E-state index is 12.6. The van der Waals surface area contributed by atoms with Gasteiger partial charge in [-0.3, -0.25) is 9.78 Å². The van der Waals surface area contributed by atoms with Gasteiger partial charge in [0.2, 0.25) is 0 Å². The molecule has 1 amide bonds. The van der Waals surface area contributed by atoms with Crippen LogP contribution < -0.4 is 0 Å². The van der Waals surface area contributed by atoms with Gasteiger partial charge in [0.15, 0.2) is 0 Å². The van der Waals surface area contributed by atoms with Crippen LogP contribution in [0.15, 0.2) is 24.8 Å². The number of aromatic nitrogens is 4. The molecule has 1 saturated heterocycles. The molecular formula is C14H16ClN5O. The topological polar surface area (TPSA) is 63.9 Å². The molecule has 21 heavy (non-hydrogen) atoms. The molecule has 1 atom stereocenters. The molecule has 1 aliphatic heterocycles. The van der Waals surface area contributed by atoms with Gasteiger partial charge in [-0.15, -0.1) is 10.2 Å². The van der Waals surface area contributed by atoms with E-state index in [0.29, 0.717) is 17.1 Å². The molecule has 0 aliphatic carbocycles. The van der Waals surface area contributed by atoms with E-state index in [1.165, 1.54) is 6.20 Å². The zero-order valence-electron chi connectivity index (χ0n) is 11.7. The number of nitrogens with zero attached hydrogens (tertiary/aromatic N) is 5. The van der Waals surface area contributed by atoms with Crippen molar-refractivity contribution < 1.29 is 4.79 Å². The second-order valence-corrected chi connectivity index (χ2v) is 5.65. The number of carbonyl (C=O) groups is 1. The fraction of sp³-hybridized carbons (Fsp3) is 0.429. The zero-order chi connectivity index (χ0) is 14.8. The minimum absolute atomic E-state index is 0.0470. The standard InChI is InChI=1S/C14H16ClN5O/c1-19-9-17-18-13(19)10-3-2-6-20(8-10)14(21)11-4-5-16-7-12(11)15/h4-5,7,9-10H,2-3,6,8H2,1H3.